The van der Waals surface area contributed by atoms with Crippen LogP contribution in [0.5, 0.6) is 0 Å². The van der Waals surface area contributed by atoms with Crippen LogP contribution in [0.4, 0.5) is 4.39 Å². The summed E-state index contributed by atoms with van der Waals surface area (Å²) in [6.07, 6.45) is 5.86. The van der Waals surface area contributed by atoms with E-state index in [1.807, 2.05) is 0 Å². The minimum absolute atomic E-state index is 0.311. The average Bonchev–Trinajstić information content (AvgIpc) is 2.89. The molecule has 0 saturated carbocycles. The zero-order valence-corrected chi connectivity index (χ0v) is 9.10. The molecular weight excluding hydrogens is 235 g/mol. The smallest absolute Gasteiger partial charge is 0.207 e. The van der Waals surface area contributed by atoms with Crippen LogP contribution in [0.2, 0.25) is 0 Å². The number of hydrogen-bond acceptors (Lipinski definition) is 5. The maximum atomic E-state index is 13.0. The van der Waals surface area contributed by atoms with Gasteiger partial charge >= 0.3 is 0 Å². The molecule has 3 aromatic rings. The molecule has 3 aromatic heterocycles. The molecule has 6 nitrogen and oxygen atoms in total. The summed E-state index contributed by atoms with van der Waals surface area (Å²) in [5.74, 6) is -0.129. The molecule has 0 spiro atoms. The number of rotatable bonds is 2. The topological polar surface area (TPSA) is 69.4 Å². The van der Waals surface area contributed by atoms with Crippen LogP contribution in [0.1, 0.15) is 0 Å². The molecular formula is C11H7FN6. The molecule has 3 rings (SSSR count). The monoisotopic (exact) mass is 242 g/mol. The Kier molecular flexibility index (Phi) is 2.49. The number of pyridine rings is 2. The average molecular weight is 242 g/mol. The fourth-order valence-corrected chi connectivity index (χ4v) is 1.45. The third-order valence-electron chi connectivity index (χ3n) is 2.25. The van der Waals surface area contributed by atoms with E-state index in [1.165, 1.54) is 17.1 Å². The van der Waals surface area contributed by atoms with Crippen LogP contribution in [-0.4, -0.2) is 30.2 Å². The quantitative estimate of drug-likeness (QED) is 0.676. The van der Waals surface area contributed by atoms with Crippen molar-refractivity contribution in [3.63, 3.8) is 0 Å². The van der Waals surface area contributed by atoms with E-state index in [4.69, 9.17) is 0 Å². The standard InChI is InChI=1S/C11H7FN6/c12-9-4-8(5-14-6-9)11-15-17-18(16-11)10-2-1-3-13-7-10/h1-7H. The minimum atomic E-state index is -0.440. The first-order chi connectivity index (χ1) is 8.83. The van der Waals surface area contributed by atoms with E-state index in [1.54, 1.807) is 24.5 Å². The lowest BCUT2D eigenvalue weighted by Crippen LogP contribution is -1.99. The molecule has 0 aliphatic rings. The first kappa shape index (κ1) is 10.5. The van der Waals surface area contributed by atoms with Crippen molar-refractivity contribution in [3.05, 3.63) is 48.8 Å². The van der Waals surface area contributed by atoms with Crippen molar-refractivity contribution in [2.24, 2.45) is 0 Å². The Morgan fingerprint density at radius 1 is 1.11 bits per heavy atom. The van der Waals surface area contributed by atoms with Gasteiger partial charge < -0.3 is 0 Å². The van der Waals surface area contributed by atoms with Gasteiger partial charge in [0, 0.05) is 18.0 Å². The van der Waals surface area contributed by atoms with Crippen molar-refractivity contribution >= 4 is 0 Å². The lowest BCUT2D eigenvalue weighted by molar-refractivity contribution is 0.622. The van der Waals surface area contributed by atoms with Crippen LogP contribution in [0, 0.1) is 5.82 Å². The SMILES string of the molecule is Fc1cncc(-c2nnn(-c3cccnc3)n2)c1. The van der Waals surface area contributed by atoms with E-state index in [-0.39, 0.29) is 0 Å². The minimum Gasteiger partial charge on any atom is -0.262 e. The second kappa shape index (κ2) is 4.28. The van der Waals surface area contributed by atoms with Gasteiger partial charge in [-0.25, -0.2) is 4.39 Å². The number of aromatic nitrogens is 6. The zero-order valence-electron chi connectivity index (χ0n) is 9.10. The van der Waals surface area contributed by atoms with Crippen LogP contribution in [0.3, 0.4) is 0 Å². The molecule has 3 heterocycles. The molecule has 0 radical (unpaired) electrons. The van der Waals surface area contributed by atoms with Crippen molar-refractivity contribution in [1.29, 1.82) is 0 Å². The molecule has 88 valence electrons. The summed E-state index contributed by atoms with van der Waals surface area (Å²) in [7, 11) is 0. The molecule has 0 amide bonds. The summed E-state index contributed by atoms with van der Waals surface area (Å²) in [5.41, 5.74) is 1.16. The molecule has 0 fully saturated rings. The molecule has 0 bridgehead atoms. The highest BCUT2D eigenvalue weighted by molar-refractivity contribution is 5.52. The predicted molar refractivity (Wildman–Crippen MR) is 60.1 cm³/mol. The van der Waals surface area contributed by atoms with Crippen molar-refractivity contribution < 1.29 is 4.39 Å². The van der Waals surface area contributed by atoms with Crippen molar-refractivity contribution in [3.8, 4) is 17.1 Å². The van der Waals surface area contributed by atoms with Crippen LogP contribution >= 0.6 is 0 Å². The molecule has 0 aliphatic heterocycles. The summed E-state index contributed by atoms with van der Waals surface area (Å²) in [5, 5.41) is 11.9. The van der Waals surface area contributed by atoms with Gasteiger partial charge in [-0.2, -0.15) is 0 Å². The summed E-state index contributed by atoms with van der Waals surface area (Å²) in [6, 6.07) is 4.86. The van der Waals surface area contributed by atoms with Gasteiger partial charge in [0.1, 0.15) is 11.5 Å². The Hall–Kier alpha value is -2.70. The Bertz CT molecular complexity index is 666. The molecule has 18 heavy (non-hydrogen) atoms. The predicted octanol–water partition coefficient (Wildman–Crippen LogP) is 1.26. The van der Waals surface area contributed by atoms with Gasteiger partial charge in [-0.1, -0.05) is 0 Å². The fourth-order valence-electron chi connectivity index (χ4n) is 1.45. The Morgan fingerprint density at radius 2 is 2.06 bits per heavy atom. The van der Waals surface area contributed by atoms with E-state index in [9.17, 15) is 4.39 Å². The first-order valence-corrected chi connectivity index (χ1v) is 5.14. The number of hydrogen-bond donors (Lipinski definition) is 0. The fraction of sp³-hybridized carbons (Fsp3) is 0. The van der Waals surface area contributed by atoms with E-state index in [2.05, 4.69) is 25.4 Å². The Labute approximate surface area is 101 Å². The maximum Gasteiger partial charge on any atom is 0.207 e. The van der Waals surface area contributed by atoms with Crippen LogP contribution in [-0.2, 0) is 0 Å². The maximum absolute atomic E-state index is 13.0. The van der Waals surface area contributed by atoms with Crippen molar-refractivity contribution in [1.82, 2.24) is 30.2 Å². The Morgan fingerprint density at radius 3 is 2.83 bits per heavy atom. The summed E-state index contributed by atoms with van der Waals surface area (Å²) < 4.78 is 13.0. The van der Waals surface area contributed by atoms with Gasteiger partial charge in [-0.15, -0.1) is 15.0 Å². The van der Waals surface area contributed by atoms with Crippen molar-refractivity contribution in [2.75, 3.05) is 0 Å². The first-order valence-electron chi connectivity index (χ1n) is 5.14. The highest BCUT2D eigenvalue weighted by Crippen LogP contribution is 2.13. The Balaban J connectivity index is 2.00. The lowest BCUT2D eigenvalue weighted by Gasteiger charge is -1.95. The van der Waals surface area contributed by atoms with Gasteiger partial charge in [0.25, 0.3) is 0 Å². The van der Waals surface area contributed by atoms with Gasteiger partial charge in [0.2, 0.25) is 5.82 Å². The normalized spacial score (nSPS) is 10.5. The summed E-state index contributed by atoms with van der Waals surface area (Å²) >= 11 is 0. The lowest BCUT2D eigenvalue weighted by atomic mass is 10.3. The summed E-state index contributed by atoms with van der Waals surface area (Å²) in [4.78, 5) is 9.02. The third kappa shape index (κ3) is 1.93. The van der Waals surface area contributed by atoms with E-state index >= 15 is 0 Å². The molecule has 0 atom stereocenters. The third-order valence-corrected chi connectivity index (χ3v) is 2.25. The van der Waals surface area contributed by atoms with E-state index < -0.39 is 5.82 Å². The van der Waals surface area contributed by atoms with Crippen LogP contribution in [0.15, 0.2) is 43.0 Å². The van der Waals surface area contributed by atoms with Gasteiger partial charge in [-0.05, 0) is 23.4 Å². The molecule has 0 unspecified atom stereocenters. The van der Waals surface area contributed by atoms with Crippen molar-refractivity contribution in [2.45, 2.75) is 0 Å². The second-order valence-corrected chi connectivity index (χ2v) is 3.51. The van der Waals surface area contributed by atoms with Gasteiger partial charge in [-0.3, -0.25) is 9.97 Å². The molecule has 0 aromatic carbocycles. The second-order valence-electron chi connectivity index (χ2n) is 3.51. The zero-order chi connectivity index (χ0) is 12.4. The number of halogens is 1. The number of tetrazole rings is 1. The molecule has 0 aliphatic carbocycles. The number of nitrogens with zero attached hydrogens (tertiary/aromatic N) is 6. The largest absolute Gasteiger partial charge is 0.262 e. The van der Waals surface area contributed by atoms with Crippen LogP contribution < -0.4 is 0 Å². The van der Waals surface area contributed by atoms with Crippen LogP contribution in [0.25, 0.3) is 17.1 Å². The van der Waals surface area contributed by atoms with Gasteiger partial charge in [0.05, 0.1) is 12.4 Å². The summed E-state index contributed by atoms with van der Waals surface area (Å²) in [6.45, 7) is 0. The molecule has 0 N–H and O–H groups in total. The van der Waals surface area contributed by atoms with E-state index in [0.717, 1.165) is 6.20 Å². The molecule has 7 heteroatoms. The van der Waals surface area contributed by atoms with Gasteiger partial charge in [0.15, 0.2) is 0 Å². The van der Waals surface area contributed by atoms with E-state index in [0.29, 0.717) is 17.1 Å². The molecule has 0 saturated heterocycles. The highest BCUT2D eigenvalue weighted by Gasteiger charge is 2.08. The highest BCUT2D eigenvalue weighted by atomic mass is 19.1.